The van der Waals surface area contributed by atoms with E-state index in [4.69, 9.17) is 11.6 Å². The second-order valence-electron chi connectivity index (χ2n) is 5.81. The summed E-state index contributed by atoms with van der Waals surface area (Å²) in [6.07, 6.45) is 1.24. The lowest BCUT2D eigenvalue weighted by Crippen LogP contribution is -2.20. The minimum absolute atomic E-state index is 0.0858. The number of carbonyl (C=O) groups is 1. The highest BCUT2D eigenvalue weighted by molar-refractivity contribution is 7.86. The molecule has 4 N–H and O–H groups in total. The van der Waals surface area contributed by atoms with E-state index in [2.05, 4.69) is 15.2 Å². The Bertz CT molecular complexity index is 1090. The maximum atomic E-state index is 12.5. The van der Waals surface area contributed by atoms with Crippen LogP contribution in [0.4, 0.5) is 5.69 Å². The molecule has 3 rings (SSSR count). The molecule has 1 atom stereocenters. The predicted octanol–water partition coefficient (Wildman–Crippen LogP) is 3.65. The van der Waals surface area contributed by atoms with Gasteiger partial charge in [-0.1, -0.05) is 23.7 Å². The van der Waals surface area contributed by atoms with E-state index in [0.29, 0.717) is 21.2 Å². The van der Waals surface area contributed by atoms with Crippen LogP contribution in [0.2, 0.25) is 5.02 Å². The van der Waals surface area contributed by atoms with E-state index in [-0.39, 0.29) is 17.1 Å². The number of hydrogen-bond acceptors (Lipinski definition) is 5. The van der Waals surface area contributed by atoms with E-state index in [1.54, 1.807) is 48.5 Å². The van der Waals surface area contributed by atoms with Crippen molar-refractivity contribution in [3.63, 3.8) is 0 Å². The summed E-state index contributed by atoms with van der Waals surface area (Å²) in [5.74, 6) is -0.795. The molecular weight excluding hydrogens is 414 g/mol. The van der Waals surface area contributed by atoms with Gasteiger partial charge in [-0.15, -0.1) is 0 Å². The van der Waals surface area contributed by atoms with E-state index in [1.165, 1.54) is 18.3 Å². The molecule has 0 aliphatic rings. The summed E-state index contributed by atoms with van der Waals surface area (Å²) < 4.78 is 15.3. The van der Waals surface area contributed by atoms with Crippen LogP contribution in [0.15, 0.2) is 76.7 Å². The molecule has 0 aliphatic carbocycles. The van der Waals surface area contributed by atoms with Crippen LogP contribution in [-0.2, 0) is 11.0 Å². The van der Waals surface area contributed by atoms with Gasteiger partial charge in [0.05, 0.1) is 22.4 Å². The van der Waals surface area contributed by atoms with Crippen molar-refractivity contribution >= 4 is 40.4 Å². The van der Waals surface area contributed by atoms with Crippen LogP contribution in [0, 0.1) is 0 Å². The molecule has 0 heterocycles. The van der Waals surface area contributed by atoms with Crippen LogP contribution in [0.1, 0.15) is 15.9 Å². The van der Waals surface area contributed by atoms with Crippen molar-refractivity contribution in [1.29, 1.82) is 0 Å². The number of aromatic hydroxyl groups is 2. The van der Waals surface area contributed by atoms with Crippen molar-refractivity contribution in [1.82, 2.24) is 5.43 Å². The fourth-order valence-corrected chi connectivity index (χ4v) is 3.35. The van der Waals surface area contributed by atoms with E-state index in [0.717, 1.165) is 6.07 Å². The van der Waals surface area contributed by atoms with Crippen LogP contribution in [0.5, 0.6) is 11.5 Å². The third kappa shape index (κ3) is 5.34. The number of benzene rings is 3. The molecule has 3 aromatic carbocycles. The smallest absolute Gasteiger partial charge is 0.273 e. The molecule has 0 fully saturated rings. The predicted molar refractivity (Wildman–Crippen MR) is 113 cm³/mol. The largest absolute Gasteiger partial charge is 0.508 e. The average Bonchev–Trinajstić information content (AvgIpc) is 2.70. The van der Waals surface area contributed by atoms with E-state index >= 15 is 0 Å². The molecule has 1 unspecified atom stereocenters. The number of hydrogen-bond donors (Lipinski definition) is 4. The normalized spacial score (nSPS) is 11.9. The first-order valence-corrected chi connectivity index (χ1v) is 9.85. The zero-order valence-electron chi connectivity index (χ0n) is 14.9. The highest BCUT2D eigenvalue weighted by Gasteiger charge is 2.13. The first-order chi connectivity index (χ1) is 13.9. The number of para-hydroxylation sites is 1. The average molecular weight is 430 g/mol. The quantitative estimate of drug-likeness (QED) is 0.354. The Morgan fingerprint density at radius 1 is 1.03 bits per heavy atom. The lowest BCUT2D eigenvalue weighted by Gasteiger charge is -2.10. The first-order valence-electron chi connectivity index (χ1n) is 8.32. The van der Waals surface area contributed by atoms with Crippen molar-refractivity contribution in [2.45, 2.75) is 4.90 Å². The molecule has 29 heavy (non-hydrogen) atoms. The zero-order valence-corrected chi connectivity index (χ0v) is 16.4. The van der Waals surface area contributed by atoms with Gasteiger partial charge in [0.15, 0.2) is 0 Å². The molecule has 0 aromatic heterocycles. The van der Waals surface area contributed by atoms with E-state index in [1.807, 2.05) is 0 Å². The van der Waals surface area contributed by atoms with E-state index < -0.39 is 16.9 Å². The van der Waals surface area contributed by atoms with Crippen molar-refractivity contribution in [3.8, 4) is 11.5 Å². The first kappa shape index (κ1) is 20.4. The number of rotatable bonds is 6. The highest BCUT2D eigenvalue weighted by Crippen LogP contribution is 2.21. The molecule has 0 spiro atoms. The van der Waals surface area contributed by atoms with Gasteiger partial charge in [-0.2, -0.15) is 5.10 Å². The SMILES string of the molecule is O=C(N/N=C/c1ccc(O)cc1O)c1ccccc1NS(=O)c1ccc(Cl)cc1. The summed E-state index contributed by atoms with van der Waals surface area (Å²) in [6, 6.07) is 17.1. The molecule has 0 saturated carbocycles. The molecule has 148 valence electrons. The highest BCUT2D eigenvalue weighted by atomic mass is 35.5. The number of nitrogens with one attached hydrogen (secondary N) is 2. The fourth-order valence-electron chi connectivity index (χ4n) is 2.35. The van der Waals surface area contributed by atoms with Crippen molar-refractivity contribution < 1.29 is 19.2 Å². The van der Waals surface area contributed by atoms with Gasteiger partial charge in [-0.05, 0) is 48.5 Å². The molecule has 0 bridgehead atoms. The minimum atomic E-state index is -1.59. The number of halogens is 1. The van der Waals surface area contributed by atoms with Crippen LogP contribution >= 0.6 is 11.6 Å². The second-order valence-corrected chi connectivity index (χ2v) is 7.46. The van der Waals surface area contributed by atoms with Gasteiger partial charge in [0.1, 0.15) is 22.5 Å². The summed E-state index contributed by atoms with van der Waals surface area (Å²) in [7, 11) is -1.59. The Balaban J connectivity index is 1.72. The molecule has 0 radical (unpaired) electrons. The van der Waals surface area contributed by atoms with Gasteiger partial charge < -0.3 is 14.9 Å². The summed E-state index contributed by atoms with van der Waals surface area (Å²) in [5, 5.41) is 23.4. The maximum absolute atomic E-state index is 12.5. The van der Waals surface area contributed by atoms with Crippen LogP contribution in [-0.4, -0.2) is 26.5 Å². The van der Waals surface area contributed by atoms with Crippen LogP contribution in [0.25, 0.3) is 0 Å². The Labute approximate surface area is 174 Å². The Hall–Kier alpha value is -3.36. The van der Waals surface area contributed by atoms with Crippen LogP contribution < -0.4 is 10.1 Å². The van der Waals surface area contributed by atoms with Crippen molar-refractivity contribution in [2.75, 3.05) is 4.72 Å². The Morgan fingerprint density at radius 2 is 1.76 bits per heavy atom. The van der Waals surface area contributed by atoms with Gasteiger partial charge in [0, 0.05) is 16.7 Å². The number of anilines is 1. The van der Waals surface area contributed by atoms with Gasteiger partial charge in [0.2, 0.25) is 0 Å². The molecule has 7 nitrogen and oxygen atoms in total. The summed E-state index contributed by atoms with van der Waals surface area (Å²) in [6.45, 7) is 0. The lowest BCUT2D eigenvalue weighted by molar-refractivity contribution is 0.0956. The summed E-state index contributed by atoms with van der Waals surface area (Å²) >= 11 is 5.84. The molecule has 0 saturated heterocycles. The standard InChI is InChI=1S/C20H16ClN3O4S/c21-14-6-9-16(10-7-14)29(28)24-18-4-2-1-3-17(18)20(27)23-22-12-13-5-8-15(25)11-19(13)26/h1-12,24-26H,(H,23,27)/b22-12+. The number of phenolic OH excluding ortho intramolecular Hbond substituents is 2. The molecule has 0 aliphatic heterocycles. The number of hydrazone groups is 1. The third-order valence-corrected chi connectivity index (χ3v) is 5.14. The third-order valence-electron chi connectivity index (χ3n) is 3.79. The molecule has 9 heteroatoms. The lowest BCUT2D eigenvalue weighted by atomic mass is 10.2. The summed E-state index contributed by atoms with van der Waals surface area (Å²) in [5.41, 5.74) is 3.27. The molecule has 1 amide bonds. The van der Waals surface area contributed by atoms with Gasteiger partial charge in [-0.3, -0.25) is 4.79 Å². The van der Waals surface area contributed by atoms with E-state index in [9.17, 15) is 19.2 Å². The topological polar surface area (TPSA) is 111 Å². The van der Waals surface area contributed by atoms with Crippen molar-refractivity contribution in [2.24, 2.45) is 5.10 Å². The summed E-state index contributed by atoms with van der Waals surface area (Å²) in [4.78, 5) is 13.0. The monoisotopic (exact) mass is 429 g/mol. The van der Waals surface area contributed by atoms with Crippen molar-refractivity contribution in [3.05, 3.63) is 82.9 Å². The Morgan fingerprint density at radius 3 is 2.48 bits per heavy atom. The molecule has 3 aromatic rings. The van der Waals surface area contributed by atoms with Crippen LogP contribution in [0.3, 0.4) is 0 Å². The maximum Gasteiger partial charge on any atom is 0.273 e. The van der Waals surface area contributed by atoms with Gasteiger partial charge >= 0.3 is 0 Å². The minimum Gasteiger partial charge on any atom is -0.508 e. The van der Waals surface area contributed by atoms with Gasteiger partial charge in [0.25, 0.3) is 5.91 Å². The number of amides is 1. The molecular formula is C20H16ClN3O4S. The fraction of sp³-hybridized carbons (Fsp3) is 0. The Kier molecular flexibility index (Phi) is 6.48. The number of phenols is 2. The number of nitrogens with zero attached hydrogens (tertiary/aromatic N) is 1. The zero-order chi connectivity index (χ0) is 20.8. The second kappa shape index (κ2) is 9.22. The number of carbonyl (C=O) groups excluding carboxylic acids is 1. The van der Waals surface area contributed by atoms with Gasteiger partial charge in [-0.25, -0.2) is 9.63 Å².